The molecule has 1 aromatic heterocycles. The van der Waals surface area contributed by atoms with Gasteiger partial charge in [0.2, 0.25) is 0 Å². The van der Waals surface area contributed by atoms with Gasteiger partial charge in [-0.3, -0.25) is 4.79 Å². The van der Waals surface area contributed by atoms with E-state index in [0.29, 0.717) is 0 Å². The molecule has 3 aromatic carbocycles. The van der Waals surface area contributed by atoms with Gasteiger partial charge in [-0.15, -0.1) is 5.10 Å². The topological polar surface area (TPSA) is 108 Å². The van der Waals surface area contributed by atoms with Crippen LogP contribution in [-0.2, 0) is 27.4 Å². The van der Waals surface area contributed by atoms with Crippen molar-refractivity contribution in [2.45, 2.75) is 31.5 Å². The molecule has 0 fully saturated rings. The molecule has 0 unspecified atom stereocenters. The highest BCUT2D eigenvalue weighted by Gasteiger charge is 2.29. The molecule has 1 aliphatic carbocycles. The number of tetrazole rings is 1. The molecule has 1 amide bonds. The number of carbonyl (C=O) groups is 2. The molecule has 1 aliphatic rings. The molecule has 36 heavy (non-hydrogen) atoms. The molecule has 0 bridgehead atoms. The van der Waals surface area contributed by atoms with Crippen molar-refractivity contribution in [1.29, 1.82) is 0 Å². The Labute approximate surface area is 208 Å². The van der Waals surface area contributed by atoms with Crippen LogP contribution in [0.15, 0.2) is 85.2 Å². The van der Waals surface area contributed by atoms with Gasteiger partial charge in [-0.25, -0.2) is 9.48 Å². The number of alkyl carbamates (subject to hydrolysis) is 1. The predicted molar refractivity (Wildman–Crippen MR) is 131 cm³/mol. The highest BCUT2D eigenvalue weighted by molar-refractivity contribution is 5.79. The number of hydrogen-bond acceptors (Lipinski definition) is 7. The van der Waals surface area contributed by atoms with E-state index in [1.54, 1.807) is 0 Å². The molecular weight excluding hydrogens is 458 g/mol. The fourth-order valence-electron chi connectivity index (χ4n) is 4.46. The summed E-state index contributed by atoms with van der Waals surface area (Å²) in [4.78, 5) is 25.3. The maximum absolute atomic E-state index is 12.8. The molecule has 0 spiro atoms. The molecule has 0 saturated heterocycles. The number of esters is 1. The molecule has 182 valence electrons. The molecule has 1 heterocycles. The van der Waals surface area contributed by atoms with E-state index in [4.69, 9.17) is 9.47 Å². The Balaban J connectivity index is 1.21. The standard InChI is InChI=1S/C27H25N5O4/c33-26(35-16-19-8-2-1-3-9-19)14-20(15-32-18-28-30-31-32)29-27(34)36-17-25-23-12-6-4-10-21(23)22-11-5-7-13-24(22)25/h1-13,18,20,25H,14-17H2,(H,29,34)/t20-/m0/s1. The van der Waals surface area contributed by atoms with Crippen molar-refractivity contribution in [2.75, 3.05) is 6.61 Å². The first-order valence-electron chi connectivity index (χ1n) is 11.7. The third kappa shape index (κ3) is 5.41. The van der Waals surface area contributed by atoms with Gasteiger partial charge in [0.15, 0.2) is 0 Å². The number of carbonyl (C=O) groups excluding carboxylic acids is 2. The Hall–Kier alpha value is -4.53. The molecule has 0 radical (unpaired) electrons. The van der Waals surface area contributed by atoms with Crippen LogP contribution in [0.3, 0.4) is 0 Å². The van der Waals surface area contributed by atoms with Crippen LogP contribution in [0.4, 0.5) is 4.79 Å². The van der Waals surface area contributed by atoms with Gasteiger partial charge in [-0.2, -0.15) is 0 Å². The largest absolute Gasteiger partial charge is 0.461 e. The molecule has 9 heteroatoms. The number of amides is 1. The normalized spacial score (nSPS) is 12.9. The summed E-state index contributed by atoms with van der Waals surface area (Å²) in [6.45, 7) is 0.524. The second-order valence-corrected chi connectivity index (χ2v) is 8.55. The van der Waals surface area contributed by atoms with E-state index in [2.05, 4.69) is 45.1 Å². The summed E-state index contributed by atoms with van der Waals surface area (Å²) in [5.74, 6) is -0.507. The lowest BCUT2D eigenvalue weighted by Gasteiger charge is -2.19. The van der Waals surface area contributed by atoms with Gasteiger partial charge >= 0.3 is 12.1 Å². The van der Waals surface area contributed by atoms with Gasteiger partial charge in [-0.1, -0.05) is 78.9 Å². The summed E-state index contributed by atoms with van der Waals surface area (Å²) in [6, 6.07) is 25.1. The van der Waals surface area contributed by atoms with E-state index in [0.717, 1.165) is 27.8 Å². The molecule has 5 rings (SSSR count). The SMILES string of the molecule is O=C(C[C@@H](Cn1cnnn1)NC(=O)OCC1c2ccccc2-c2ccccc21)OCc1ccccc1. The number of hydrogen-bond donors (Lipinski definition) is 1. The van der Waals surface area contributed by atoms with Crippen molar-refractivity contribution >= 4 is 12.1 Å². The Kier molecular flexibility index (Phi) is 6.98. The highest BCUT2D eigenvalue weighted by Crippen LogP contribution is 2.44. The van der Waals surface area contributed by atoms with Gasteiger partial charge in [-0.05, 0) is 38.2 Å². The Morgan fingerprint density at radius 2 is 1.56 bits per heavy atom. The number of benzene rings is 3. The van der Waals surface area contributed by atoms with E-state index in [9.17, 15) is 9.59 Å². The maximum Gasteiger partial charge on any atom is 0.407 e. The van der Waals surface area contributed by atoms with Crippen molar-refractivity contribution < 1.29 is 19.1 Å². The smallest absolute Gasteiger partial charge is 0.407 e. The van der Waals surface area contributed by atoms with Crippen molar-refractivity contribution in [3.05, 3.63) is 102 Å². The van der Waals surface area contributed by atoms with Crippen molar-refractivity contribution in [3.8, 4) is 11.1 Å². The predicted octanol–water partition coefficient (Wildman–Crippen LogP) is 3.71. The average Bonchev–Trinajstić information content (AvgIpc) is 3.53. The zero-order valence-electron chi connectivity index (χ0n) is 19.5. The Bertz CT molecular complexity index is 1280. The van der Waals surface area contributed by atoms with Crippen LogP contribution in [0.5, 0.6) is 0 Å². The lowest BCUT2D eigenvalue weighted by atomic mass is 9.98. The van der Waals surface area contributed by atoms with Crippen LogP contribution in [-0.4, -0.2) is 44.9 Å². The first-order chi connectivity index (χ1) is 17.7. The molecule has 1 atom stereocenters. The van der Waals surface area contributed by atoms with E-state index in [-0.39, 0.29) is 32.1 Å². The Morgan fingerprint density at radius 1 is 0.889 bits per heavy atom. The number of rotatable bonds is 9. The number of ether oxygens (including phenoxy) is 2. The monoisotopic (exact) mass is 483 g/mol. The van der Waals surface area contributed by atoms with Crippen LogP contribution >= 0.6 is 0 Å². The van der Waals surface area contributed by atoms with Crippen molar-refractivity contribution in [3.63, 3.8) is 0 Å². The lowest BCUT2D eigenvalue weighted by Crippen LogP contribution is -2.40. The number of nitrogens with one attached hydrogen (secondary N) is 1. The zero-order valence-corrected chi connectivity index (χ0v) is 19.5. The number of nitrogens with zero attached hydrogens (tertiary/aromatic N) is 4. The van der Waals surface area contributed by atoms with Gasteiger partial charge in [0.05, 0.1) is 19.0 Å². The van der Waals surface area contributed by atoms with Crippen LogP contribution in [0.2, 0.25) is 0 Å². The molecular formula is C27H25N5O4. The quantitative estimate of drug-likeness (QED) is 0.362. The maximum atomic E-state index is 12.8. The molecule has 9 nitrogen and oxygen atoms in total. The first-order valence-corrected chi connectivity index (χ1v) is 11.7. The minimum absolute atomic E-state index is 0.0584. The van der Waals surface area contributed by atoms with Gasteiger partial charge in [0.1, 0.15) is 19.5 Å². The minimum Gasteiger partial charge on any atom is -0.461 e. The molecule has 4 aromatic rings. The van der Waals surface area contributed by atoms with E-state index in [1.807, 2.05) is 54.6 Å². The summed E-state index contributed by atoms with van der Waals surface area (Å²) in [5.41, 5.74) is 5.44. The summed E-state index contributed by atoms with van der Waals surface area (Å²) in [6.07, 6.45) is 0.740. The van der Waals surface area contributed by atoms with E-state index >= 15 is 0 Å². The number of aromatic nitrogens is 4. The zero-order chi connectivity index (χ0) is 24.7. The summed E-state index contributed by atoms with van der Waals surface area (Å²) in [5, 5.41) is 13.8. The minimum atomic E-state index is -0.620. The van der Waals surface area contributed by atoms with Gasteiger partial charge in [0.25, 0.3) is 0 Å². The van der Waals surface area contributed by atoms with Crippen LogP contribution < -0.4 is 5.32 Å². The summed E-state index contributed by atoms with van der Waals surface area (Å²) in [7, 11) is 0. The summed E-state index contributed by atoms with van der Waals surface area (Å²) >= 11 is 0. The first kappa shape index (κ1) is 23.2. The Morgan fingerprint density at radius 3 is 2.22 bits per heavy atom. The van der Waals surface area contributed by atoms with Gasteiger partial charge < -0.3 is 14.8 Å². The van der Waals surface area contributed by atoms with Crippen LogP contribution in [0, 0.1) is 0 Å². The van der Waals surface area contributed by atoms with Gasteiger partial charge in [0, 0.05) is 5.92 Å². The fraction of sp³-hybridized carbons (Fsp3) is 0.222. The van der Waals surface area contributed by atoms with E-state index in [1.165, 1.54) is 11.0 Å². The van der Waals surface area contributed by atoms with Crippen LogP contribution in [0.1, 0.15) is 29.0 Å². The van der Waals surface area contributed by atoms with Crippen molar-refractivity contribution in [1.82, 2.24) is 25.5 Å². The second kappa shape index (κ2) is 10.8. The highest BCUT2D eigenvalue weighted by atomic mass is 16.5. The van der Waals surface area contributed by atoms with Crippen molar-refractivity contribution in [2.24, 2.45) is 0 Å². The fourth-order valence-corrected chi connectivity index (χ4v) is 4.46. The third-order valence-corrected chi connectivity index (χ3v) is 6.12. The lowest BCUT2D eigenvalue weighted by molar-refractivity contribution is -0.145. The molecule has 0 saturated carbocycles. The van der Waals surface area contributed by atoms with E-state index < -0.39 is 18.1 Å². The summed E-state index contributed by atoms with van der Waals surface area (Å²) < 4.78 is 12.5. The third-order valence-electron chi connectivity index (χ3n) is 6.12. The molecule has 0 aliphatic heterocycles. The second-order valence-electron chi connectivity index (χ2n) is 8.55. The molecule has 1 N–H and O–H groups in total. The average molecular weight is 484 g/mol. The van der Waals surface area contributed by atoms with Crippen LogP contribution in [0.25, 0.3) is 11.1 Å². The number of fused-ring (bicyclic) bond motifs is 3.